The highest BCUT2D eigenvalue weighted by atomic mass is 28.3. The van der Waals surface area contributed by atoms with Gasteiger partial charge >= 0.3 is 0 Å². The van der Waals surface area contributed by atoms with Crippen molar-refractivity contribution in [3.05, 3.63) is 41.0 Å². The maximum Gasteiger partial charge on any atom is 0.206 e. The number of rotatable bonds is 5. The molecule has 0 spiro atoms. The molecule has 2 heteroatoms. The number of hydrogen-bond acceptors (Lipinski definition) is 1. The summed E-state index contributed by atoms with van der Waals surface area (Å²) in [5, 5.41) is 0. The van der Waals surface area contributed by atoms with Gasteiger partial charge in [-0.25, -0.2) is 0 Å². The highest BCUT2D eigenvalue weighted by molar-refractivity contribution is 6.48. The fraction of sp³-hybridized carbons (Fsp3) is 0.529. The van der Waals surface area contributed by atoms with Crippen LogP contribution in [0.15, 0.2) is 29.8 Å². The first-order chi connectivity index (χ1) is 8.95. The second kappa shape index (κ2) is 5.64. The van der Waals surface area contributed by atoms with Gasteiger partial charge in [-0.1, -0.05) is 57.5 Å². The van der Waals surface area contributed by atoms with Gasteiger partial charge in [0, 0.05) is 0 Å². The number of benzene rings is 1. The van der Waals surface area contributed by atoms with E-state index in [0.29, 0.717) is 0 Å². The van der Waals surface area contributed by atoms with E-state index < -0.39 is 9.04 Å². The molecule has 1 radical (unpaired) electrons. The van der Waals surface area contributed by atoms with Gasteiger partial charge in [0.1, 0.15) is 0 Å². The van der Waals surface area contributed by atoms with Crippen molar-refractivity contribution in [3.63, 3.8) is 0 Å². The summed E-state index contributed by atoms with van der Waals surface area (Å²) in [5.41, 5.74) is 4.38. The zero-order valence-corrected chi connectivity index (χ0v) is 13.8. The van der Waals surface area contributed by atoms with Crippen molar-refractivity contribution in [3.8, 4) is 0 Å². The van der Waals surface area contributed by atoms with Gasteiger partial charge in [-0.15, -0.1) is 0 Å². The molecule has 103 valence electrons. The molecule has 19 heavy (non-hydrogen) atoms. The Bertz CT molecular complexity index is 474. The minimum absolute atomic E-state index is 0.182. The Labute approximate surface area is 119 Å². The zero-order valence-electron chi connectivity index (χ0n) is 12.8. The lowest BCUT2D eigenvalue weighted by molar-refractivity contribution is 0.212. The Morgan fingerprint density at radius 1 is 1.21 bits per heavy atom. The topological polar surface area (TPSA) is 9.23 Å². The van der Waals surface area contributed by atoms with E-state index in [1.807, 2.05) is 0 Å². The summed E-state index contributed by atoms with van der Waals surface area (Å²) in [7, 11) is -0.707. The second-order valence-corrected chi connectivity index (χ2v) is 8.32. The zero-order chi connectivity index (χ0) is 14.0. The molecule has 1 aromatic carbocycles. The lowest BCUT2D eigenvalue weighted by Crippen LogP contribution is -2.23. The maximum absolute atomic E-state index is 6.32. The molecule has 0 N–H and O–H groups in total. The van der Waals surface area contributed by atoms with E-state index in [1.54, 1.807) is 0 Å². The minimum atomic E-state index is -0.707. The van der Waals surface area contributed by atoms with Crippen LogP contribution in [0.5, 0.6) is 0 Å². The lowest BCUT2D eigenvalue weighted by Gasteiger charge is -2.32. The Morgan fingerprint density at radius 3 is 2.53 bits per heavy atom. The smallest absolute Gasteiger partial charge is 0.206 e. The largest absolute Gasteiger partial charge is 0.407 e. The molecule has 0 saturated heterocycles. The molecule has 0 aliphatic heterocycles. The van der Waals surface area contributed by atoms with Gasteiger partial charge in [-0.3, -0.25) is 0 Å². The SMILES string of the molecule is CCCC(C)(C)C1=Cc2ccccc2C1O[Si](C)C. The van der Waals surface area contributed by atoms with Crippen LogP contribution in [0.2, 0.25) is 13.1 Å². The Morgan fingerprint density at radius 2 is 1.89 bits per heavy atom. The third-order valence-corrected chi connectivity index (χ3v) is 4.59. The van der Waals surface area contributed by atoms with Gasteiger partial charge in [0.25, 0.3) is 0 Å². The first-order valence-corrected chi connectivity index (χ1v) is 9.64. The molecule has 1 unspecified atom stereocenters. The highest BCUT2D eigenvalue weighted by Gasteiger charge is 2.35. The van der Waals surface area contributed by atoms with E-state index in [4.69, 9.17) is 4.43 Å². The third-order valence-electron chi connectivity index (χ3n) is 3.88. The van der Waals surface area contributed by atoms with Crippen molar-refractivity contribution in [2.75, 3.05) is 0 Å². The van der Waals surface area contributed by atoms with Crippen LogP contribution in [0.3, 0.4) is 0 Å². The molecular weight excluding hydrogens is 248 g/mol. The third kappa shape index (κ3) is 3.01. The Balaban J connectivity index is 2.38. The summed E-state index contributed by atoms with van der Waals surface area (Å²) in [6.45, 7) is 11.4. The molecule has 1 atom stereocenters. The first kappa shape index (κ1) is 14.5. The maximum atomic E-state index is 6.32. The van der Waals surface area contributed by atoms with Crippen LogP contribution in [0, 0.1) is 5.41 Å². The van der Waals surface area contributed by atoms with Crippen molar-refractivity contribution in [2.45, 2.75) is 52.8 Å². The predicted molar refractivity (Wildman–Crippen MR) is 84.4 cm³/mol. The van der Waals surface area contributed by atoms with Gasteiger partial charge in [-0.05, 0) is 41.6 Å². The van der Waals surface area contributed by atoms with E-state index in [9.17, 15) is 0 Å². The molecule has 1 nitrogen and oxygen atoms in total. The molecule has 0 fully saturated rings. The van der Waals surface area contributed by atoms with Gasteiger partial charge in [0.2, 0.25) is 9.04 Å². The van der Waals surface area contributed by atoms with Gasteiger partial charge in [-0.2, -0.15) is 0 Å². The van der Waals surface area contributed by atoms with E-state index in [0.717, 1.165) is 0 Å². The molecule has 0 bridgehead atoms. The second-order valence-electron chi connectivity index (χ2n) is 6.27. The van der Waals surface area contributed by atoms with Crippen molar-refractivity contribution < 1.29 is 4.43 Å². The van der Waals surface area contributed by atoms with Crippen LogP contribution in [0.1, 0.15) is 50.8 Å². The van der Waals surface area contributed by atoms with E-state index in [-0.39, 0.29) is 11.5 Å². The van der Waals surface area contributed by atoms with Crippen LogP contribution in [-0.4, -0.2) is 9.04 Å². The van der Waals surface area contributed by atoms with Crippen LogP contribution < -0.4 is 0 Å². The fourth-order valence-electron chi connectivity index (χ4n) is 2.97. The molecule has 1 aliphatic rings. The molecule has 1 aliphatic carbocycles. The van der Waals surface area contributed by atoms with Crippen molar-refractivity contribution in [2.24, 2.45) is 5.41 Å². The summed E-state index contributed by atoms with van der Waals surface area (Å²) in [4.78, 5) is 0. The number of fused-ring (bicyclic) bond motifs is 1. The Hall–Kier alpha value is -0.863. The van der Waals surface area contributed by atoms with Crippen molar-refractivity contribution >= 4 is 15.1 Å². The van der Waals surface area contributed by atoms with Gasteiger partial charge in [0.15, 0.2) is 0 Å². The summed E-state index contributed by atoms with van der Waals surface area (Å²) < 4.78 is 6.32. The van der Waals surface area contributed by atoms with Crippen LogP contribution >= 0.6 is 0 Å². The molecule has 1 aromatic rings. The van der Waals surface area contributed by atoms with Crippen LogP contribution in [-0.2, 0) is 4.43 Å². The van der Waals surface area contributed by atoms with Gasteiger partial charge in [0.05, 0.1) is 6.10 Å². The first-order valence-electron chi connectivity index (χ1n) is 7.23. The molecule has 0 saturated carbocycles. The average Bonchev–Trinajstić information content (AvgIpc) is 2.68. The van der Waals surface area contributed by atoms with E-state index in [1.165, 1.54) is 29.5 Å². The van der Waals surface area contributed by atoms with Gasteiger partial charge < -0.3 is 4.43 Å². The van der Waals surface area contributed by atoms with E-state index >= 15 is 0 Å². The summed E-state index contributed by atoms with van der Waals surface area (Å²) in [6, 6.07) is 8.66. The summed E-state index contributed by atoms with van der Waals surface area (Å²) in [6.07, 6.45) is 4.97. The summed E-state index contributed by atoms with van der Waals surface area (Å²) >= 11 is 0. The monoisotopic (exact) mass is 273 g/mol. The normalized spacial score (nSPS) is 18.6. The minimum Gasteiger partial charge on any atom is -0.407 e. The molecule has 0 heterocycles. The van der Waals surface area contributed by atoms with Crippen molar-refractivity contribution in [1.82, 2.24) is 0 Å². The predicted octanol–water partition coefficient (Wildman–Crippen LogP) is 5.22. The average molecular weight is 273 g/mol. The molecular formula is C17H25OSi. The van der Waals surface area contributed by atoms with Crippen molar-refractivity contribution in [1.29, 1.82) is 0 Å². The molecule has 0 aromatic heterocycles. The fourth-order valence-corrected chi connectivity index (χ4v) is 3.70. The summed E-state index contributed by atoms with van der Waals surface area (Å²) in [5.74, 6) is 0. The Kier molecular flexibility index (Phi) is 4.31. The molecule has 0 amide bonds. The molecule has 2 rings (SSSR count). The van der Waals surface area contributed by atoms with Crippen LogP contribution in [0.25, 0.3) is 6.08 Å². The lowest BCUT2D eigenvalue weighted by atomic mass is 9.78. The van der Waals surface area contributed by atoms with Crippen LogP contribution in [0.4, 0.5) is 0 Å². The highest BCUT2D eigenvalue weighted by Crippen LogP contribution is 2.47. The standard InChI is InChI=1S/C17H25OSi/c1-6-11-17(2,3)15-12-13-9-7-8-10-14(13)16(15)18-19(4)5/h7-10,12,16H,6,11H2,1-5H3. The number of hydrogen-bond donors (Lipinski definition) is 0. The quantitative estimate of drug-likeness (QED) is 0.668. The van der Waals surface area contributed by atoms with E-state index in [2.05, 4.69) is 64.2 Å².